The number of thiophene rings is 1. The molecule has 1 atom stereocenters. The molecule has 1 N–H and O–H groups in total. The molecule has 2 rings (SSSR count). The topological polar surface area (TPSA) is 55.4 Å². The van der Waals surface area contributed by atoms with Crippen molar-refractivity contribution in [2.75, 3.05) is 0 Å². The number of carbonyl (C=O) groups is 2. The van der Waals surface area contributed by atoms with Crippen molar-refractivity contribution in [1.82, 2.24) is 5.32 Å². The highest BCUT2D eigenvalue weighted by molar-refractivity contribution is 7.09. The van der Waals surface area contributed by atoms with Crippen LogP contribution in [0.15, 0.2) is 41.8 Å². The molecular weight excluding hydrogens is 329 g/mol. The van der Waals surface area contributed by atoms with Crippen LogP contribution in [0.25, 0.3) is 0 Å². The summed E-state index contributed by atoms with van der Waals surface area (Å²) in [5.41, 5.74) is 0.777. The smallest absolute Gasteiger partial charge is 0.306 e. The quantitative estimate of drug-likeness (QED) is 0.743. The van der Waals surface area contributed by atoms with E-state index in [1.54, 1.807) is 23.5 Å². The van der Waals surface area contributed by atoms with Gasteiger partial charge < -0.3 is 10.1 Å². The van der Waals surface area contributed by atoms with Gasteiger partial charge in [-0.05, 0) is 48.9 Å². The Morgan fingerprint density at radius 1 is 1.25 bits per heavy atom. The van der Waals surface area contributed by atoms with Gasteiger partial charge >= 0.3 is 5.97 Å². The minimum atomic E-state index is -0.848. The third-order valence-electron chi connectivity index (χ3n) is 3.44. The van der Waals surface area contributed by atoms with Crippen molar-refractivity contribution >= 4 is 23.2 Å². The van der Waals surface area contributed by atoms with E-state index < -0.39 is 6.10 Å². The fourth-order valence-corrected chi connectivity index (χ4v) is 2.86. The standard InChI is InChI=1S/C18H20FNO3S/c1-13(18(22)20-12-14-7-9-15(19)10-8-14)23-17(21)6-2-4-16-5-3-11-24-16/h3,5,7-11,13H,2,4,6,12H2,1H3,(H,20,22)/t13-/m0/s1. The molecule has 0 bridgehead atoms. The van der Waals surface area contributed by atoms with E-state index in [0.717, 1.165) is 12.0 Å². The molecule has 24 heavy (non-hydrogen) atoms. The Morgan fingerprint density at radius 2 is 2.00 bits per heavy atom. The van der Waals surface area contributed by atoms with Gasteiger partial charge in [-0.15, -0.1) is 11.3 Å². The first-order valence-corrected chi connectivity index (χ1v) is 8.66. The third-order valence-corrected chi connectivity index (χ3v) is 4.38. The minimum Gasteiger partial charge on any atom is -0.453 e. The van der Waals surface area contributed by atoms with E-state index in [-0.39, 0.29) is 30.7 Å². The highest BCUT2D eigenvalue weighted by Crippen LogP contribution is 2.12. The van der Waals surface area contributed by atoms with Gasteiger partial charge in [0.15, 0.2) is 6.10 Å². The summed E-state index contributed by atoms with van der Waals surface area (Å²) in [5.74, 6) is -1.07. The second-order valence-electron chi connectivity index (χ2n) is 5.41. The average molecular weight is 349 g/mol. The first-order chi connectivity index (χ1) is 11.5. The number of esters is 1. The number of benzene rings is 1. The second-order valence-corrected chi connectivity index (χ2v) is 6.44. The maximum Gasteiger partial charge on any atom is 0.306 e. The maximum absolute atomic E-state index is 12.8. The molecule has 1 amide bonds. The molecule has 0 aliphatic rings. The first kappa shape index (κ1) is 18.1. The summed E-state index contributed by atoms with van der Waals surface area (Å²) in [6.45, 7) is 1.80. The van der Waals surface area contributed by atoms with E-state index in [0.29, 0.717) is 6.42 Å². The summed E-state index contributed by atoms with van der Waals surface area (Å²) in [5, 5.41) is 4.67. The molecule has 1 aromatic carbocycles. The normalized spacial score (nSPS) is 11.8. The SMILES string of the molecule is C[C@H](OC(=O)CCCc1cccs1)C(=O)NCc1ccc(F)cc1. The van der Waals surface area contributed by atoms with Crippen LogP contribution in [0.1, 0.15) is 30.2 Å². The van der Waals surface area contributed by atoms with Crippen molar-refractivity contribution in [3.8, 4) is 0 Å². The summed E-state index contributed by atoms with van der Waals surface area (Å²) in [6.07, 6.45) is 0.967. The summed E-state index contributed by atoms with van der Waals surface area (Å²) < 4.78 is 17.9. The molecule has 1 heterocycles. The Kier molecular flexibility index (Phi) is 6.93. The van der Waals surface area contributed by atoms with E-state index in [1.165, 1.54) is 23.9 Å². The number of carbonyl (C=O) groups excluding carboxylic acids is 2. The molecule has 2 aromatic rings. The van der Waals surface area contributed by atoms with Crippen LogP contribution >= 0.6 is 11.3 Å². The molecule has 0 fully saturated rings. The summed E-state index contributed by atoms with van der Waals surface area (Å²) in [6, 6.07) is 9.86. The number of hydrogen-bond acceptors (Lipinski definition) is 4. The number of amides is 1. The van der Waals surface area contributed by atoms with Gasteiger partial charge in [-0.25, -0.2) is 4.39 Å². The van der Waals surface area contributed by atoms with Crippen LogP contribution in [0, 0.1) is 5.82 Å². The van der Waals surface area contributed by atoms with Gasteiger partial charge in [0.25, 0.3) is 5.91 Å². The lowest BCUT2D eigenvalue weighted by Gasteiger charge is -2.13. The van der Waals surface area contributed by atoms with Gasteiger partial charge in [-0.3, -0.25) is 9.59 Å². The molecule has 6 heteroatoms. The highest BCUT2D eigenvalue weighted by Gasteiger charge is 2.17. The summed E-state index contributed by atoms with van der Waals surface area (Å²) in [4.78, 5) is 24.9. The molecule has 4 nitrogen and oxygen atoms in total. The highest BCUT2D eigenvalue weighted by atomic mass is 32.1. The Hall–Kier alpha value is -2.21. The zero-order valence-corrected chi connectivity index (χ0v) is 14.3. The predicted molar refractivity (Wildman–Crippen MR) is 91.1 cm³/mol. The number of ether oxygens (including phenoxy) is 1. The fourth-order valence-electron chi connectivity index (χ4n) is 2.11. The summed E-state index contributed by atoms with van der Waals surface area (Å²) >= 11 is 1.66. The second kappa shape index (κ2) is 9.17. The predicted octanol–water partition coefficient (Wildman–Crippen LogP) is 3.46. The lowest BCUT2D eigenvalue weighted by molar-refractivity contribution is -0.154. The van der Waals surface area contributed by atoms with E-state index in [9.17, 15) is 14.0 Å². The molecule has 0 saturated heterocycles. The van der Waals surface area contributed by atoms with Crippen LogP contribution in [-0.2, 0) is 27.3 Å². The number of nitrogens with one attached hydrogen (secondary N) is 1. The van der Waals surface area contributed by atoms with Crippen molar-refractivity contribution in [2.24, 2.45) is 0 Å². The molecule has 0 unspecified atom stereocenters. The van der Waals surface area contributed by atoms with Crippen LogP contribution in [0.4, 0.5) is 4.39 Å². The average Bonchev–Trinajstić information content (AvgIpc) is 3.07. The van der Waals surface area contributed by atoms with E-state index in [2.05, 4.69) is 5.32 Å². The van der Waals surface area contributed by atoms with Crippen LogP contribution in [0.5, 0.6) is 0 Å². The van der Waals surface area contributed by atoms with E-state index >= 15 is 0 Å². The molecule has 1 aromatic heterocycles. The molecule has 0 aliphatic carbocycles. The van der Waals surface area contributed by atoms with Crippen molar-refractivity contribution in [3.63, 3.8) is 0 Å². The van der Waals surface area contributed by atoms with Crippen molar-refractivity contribution in [2.45, 2.75) is 38.8 Å². The van der Waals surface area contributed by atoms with Crippen molar-refractivity contribution in [1.29, 1.82) is 0 Å². The molecule has 0 spiro atoms. The Morgan fingerprint density at radius 3 is 2.67 bits per heavy atom. The molecule has 0 aliphatic heterocycles. The van der Waals surface area contributed by atoms with Crippen molar-refractivity contribution < 1.29 is 18.7 Å². The number of halogens is 1. The van der Waals surface area contributed by atoms with Gasteiger partial charge in [0.1, 0.15) is 5.82 Å². The van der Waals surface area contributed by atoms with Crippen molar-refractivity contribution in [3.05, 3.63) is 58.0 Å². The lowest BCUT2D eigenvalue weighted by Crippen LogP contribution is -2.35. The zero-order valence-electron chi connectivity index (χ0n) is 13.5. The zero-order chi connectivity index (χ0) is 17.4. The summed E-state index contributed by atoms with van der Waals surface area (Å²) in [7, 11) is 0. The number of aryl methyl sites for hydroxylation is 1. The van der Waals surface area contributed by atoms with E-state index in [1.807, 2.05) is 17.5 Å². The first-order valence-electron chi connectivity index (χ1n) is 7.78. The van der Waals surface area contributed by atoms with Crippen LogP contribution in [0.2, 0.25) is 0 Å². The monoisotopic (exact) mass is 349 g/mol. The van der Waals surface area contributed by atoms with Gasteiger partial charge in [0.2, 0.25) is 0 Å². The van der Waals surface area contributed by atoms with Gasteiger partial charge in [0.05, 0.1) is 0 Å². The van der Waals surface area contributed by atoms with Gasteiger partial charge in [0, 0.05) is 17.8 Å². The minimum absolute atomic E-state index is 0.263. The molecule has 0 saturated carbocycles. The Bertz CT molecular complexity index is 655. The number of rotatable bonds is 8. The Labute approximate surface area is 144 Å². The van der Waals surface area contributed by atoms with Gasteiger partial charge in [-0.2, -0.15) is 0 Å². The molecular formula is C18H20FNO3S. The fraction of sp³-hybridized carbons (Fsp3) is 0.333. The molecule has 128 valence electrons. The maximum atomic E-state index is 12.8. The van der Waals surface area contributed by atoms with Crippen LogP contribution < -0.4 is 5.32 Å². The molecule has 0 radical (unpaired) electrons. The van der Waals surface area contributed by atoms with Crippen LogP contribution in [-0.4, -0.2) is 18.0 Å². The van der Waals surface area contributed by atoms with E-state index in [4.69, 9.17) is 4.74 Å². The number of hydrogen-bond donors (Lipinski definition) is 1. The third kappa shape index (κ3) is 6.12. The van der Waals surface area contributed by atoms with Crippen LogP contribution in [0.3, 0.4) is 0 Å². The van der Waals surface area contributed by atoms with Gasteiger partial charge in [-0.1, -0.05) is 18.2 Å². The largest absolute Gasteiger partial charge is 0.453 e. The lowest BCUT2D eigenvalue weighted by atomic mass is 10.2. The Balaban J connectivity index is 1.66.